The van der Waals surface area contributed by atoms with E-state index in [-0.39, 0.29) is 0 Å². The minimum Gasteiger partial charge on any atom is -0.365 e. The number of aryl methyl sites for hydroxylation is 1. The lowest BCUT2D eigenvalue weighted by molar-refractivity contribution is 0.757. The highest BCUT2D eigenvalue weighted by molar-refractivity contribution is 7.99. The van der Waals surface area contributed by atoms with Crippen LogP contribution in [0.25, 0.3) is 0 Å². The lowest BCUT2D eigenvalue weighted by Gasteiger charge is -2.20. The number of hydrogen-bond acceptors (Lipinski definition) is 4. The quantitative estimate of drug-likeness (QED) is 0.874. The maximum absolute atomic E-state index is 4.13. The van der Waals surface area contributed by atoms with Crippen LogP contribution in [0.3, 0.4) is 0 Å². The van der Waals surface area contributed by atoms with E-state index in [1.807, 2.05) is 6.92 Å². The summed E-state index contributed by atoms with van der Waals surface area (Å²) in [6, 6.07) is 2.64. The van der Waals surface area contributed by atoms with Gasteiger partial charge in [-0.15, -0.1) is 5.10 Å². The lowest BCUT2D eigenvalue weighted by atomic mass is 10.2. The molecule has 88 valence electrons. The highest BCUT2D eigenvalue weighted by Gasteiger charge is 2.27. The first-order chi connectivity index (χ1) is 7.79. The van der Waals surface area contributed by atoms with Crippen molar-refractivity contribution in [2.24, 2.45) is 0 Å². The number of anilines is 1. The van der Waals surface area contributed by atoms with Crippen LogP contribution in [0.1, 0.15) is 31.7 Å². The zero-order valence-electron chi connectivity index (χ0n) is 9.94. The molecule has 1 N–H and O–H groups in total. The molecule has 2 atom stereocenters. The highest BCUT2D eigenvalue weighted by Crippen LogP contribution is 2.31. The maximum Gasteiger partial charge on any atom is 0.149 e. The van der Waals surface area contributed by atoms with Crippen LogP contribution in [0.15, 0.2) is 12.3 Å². The minimum absolute atomic E-state index is 0.570. The largest absolute Gasteiger partial charge is 0.365 e. The second kappa shape index (κ2) is 5.53. The number of thioether (sulfide) groups is 1. The van der Waals surface area contributed by atoms with E-state index in [0.717, 1.165) is 16.6 Å². The van der Waals surface area contributed by atoms with Crippen molar-refractivity contribution in [1.82, 2.24) is 10.2 Å². The van der Waals surface area contributed by atoms with E-state index >= 15 is 0 Å². The number of nitrogens with zero attached hydrogens (tertiary/aromatic N) is 2. The fraction of sp³-hybridized carbons (Fsp3) is 0.667. The SMILES string of the molecule is CCSC1CCCC1Nc1cc(C)cnn1. The van der Waals surface area contributed by atoms with E-state index in [2.05, 4.69) is 40.3 Å². The van der Waals surface area contributed by atoms with Crippen molar-refractivity contribution >= 4 is 17.6 Å². The average Bonchev–Trinajstić information content (AvgIpc) is 2.66. The van der Waals surface area contributed by atoms with Crippen molar-refractivity contribution in [2.75, 3.05) is 11.1 Å². The lowest BCUT2D eigenvalue weighted by Crippen LogP contribution is -2.26. The van der Waals surface area contributed by atoms with E-state index in [9.17, 15) is 0 Å². The molecular formula is C12H19N3S. The highest BCUT2D eigenvalue weighted by atomic mass is 32.2. The van der Waals surface area contributed by atoms with Crippen molar-refractivity contribution in [3.8, 4) is 0 Å². The van der Waals surface area contributed by atoms with Gasteiger partial charge in [-0.2, -0.15) is 16.9 Å². The minimum atomic E-state index is 0.570. The molecule has 2 rings (SSSR count). The molecule has 0 aliphatic heterocycles. The molecule has 16 heavy (non-hydrogen) atoms. The first-order valence-electron chi connectivity index (χ1n) is 5.97. The molecule has 0 aromatic carbocycles. The van der Waals surface area contributed by atoms with Gasteiger partial charge in [0.1, 0.15) is 5.82 Å². The van der Waals surface area contributed by atoms with Gasteiger partial charge >= 0.3 is 0 Å². The molecule has 0 bridgehead atoms. The second-order valence-electron chi connectivity index (χ2n) is 4.29. The van der Waals surface area contributed by atoms with E-state index in [1.54, 1.807) is 6.20 Å². The fourth-order valence-corrected chi connectivity index (χ4v) is 3.43. The maximum atomic E-state index is 4.13. The zero-order valence-corrected chi connectivity index (χ0v) is 10.8. The number of aromatic nitrogens is 2. The third-order valence-corrected chi connectivity index (χ3v) is 4.28. The van der Waals surface area contributed by atoms with Crippen molar-refractivity contribution in [3.05, 3.63) is 17.8 Å². The predicted octanol–water partition coefficient (Wildman–Crippen LogP) is 2.87. The summed E-state index contributed by atoms with van der Waals surface area (Å²) < 4.78 is 0. The van der Waals surface area contributed by atoms with Crippen LogP contribution in [0, 0.1) is 6.92 Å². The first-order valence-corrected chi connectivity index (χ1v) is 7.02. The fourth-order valence-electron chi connectivity index (χ4n) is 2.23. The normalized spacial score (nSPS) is 24.6. The Balaban J connectivity index is 1.98. The summed E-state index contributed by atoms with van der Waals surface area (Å²) in [7, 11) is 0. The zero-order chi connectivity index (χ0) is 11.4. The predicted molar refractivity (Wildman–Crippen MR) is 70.0 cm³/mol. The summed E-state index contributed by atoms with van der Waals surface area (Å²) in [5, 5.41) is 12.4. The third kappa shape index (κ3) is 2.88. The van der Waals surface area contributed by atoms with Gasteiger partial charge in [0, 0.05) is 11.3 Å². The summed E-state index contributed by atoms with van der Waals surface area (Å²) in [6.07, 6.45) is 5.70. The number of rotatable bonds is 4. The molecule has 3 nitrogen and oxygen atoms in total. The summed E-state index contributed by atoms with van der Waals surface area (Å²) >= 11 is 2.06. The smallest absolute Gasteiger partial charge is 0.149 e. The van der Waals surface area contributed by atoms with Gasteiger partial charge < -0.3 is 5.32 Å². The second-order valence-corrected chi connectivity index (χ2v) is 5.81. The van der Waals surface area contributed by atoms with Gasteiger partial charge in [0.2, 0.25) is 0 Å². The summed E-state index contributed by atoms with van der Waals surface area (Å²) in [4.78, 5) is 0. The van der Waals surface area contributed by atoms with Crippen LogP contribution in [0.2, 0.25) is 0 Å². The Labute approximate surface area is 101 Å². The van der Waals surface area contributed by atoms with Crippen LogP contribution in [0.5, 0.6) is 0 Å². The topological polar surface area (TPSA) is 37.8 Å². The molecule has 4 heteroatoms. The third-order valence-electron chi connectivity index (χ3n) is 2.96. The van der Waals surface area contributed by atoms with Gasteiger partial charge in [0.15, 0.2) is 0 Å². The van der Waals surface area contributed by atoms with E-state index < -0.39 is 0 Å². The monoisotopic (exact) mass is 237 g/mol. The molecule has 1 saturated carbocycles. The molecule has 0 spiro atoms. The van der Waals surface area contributed by atoms with Crippen LogP contribution < -0.4 is 5.32 Å². The molecule has 1 fully saturated rings. The van der Waals surface area contributed by atoms with Crippen LogP contribution >= 0.6 is 11.8 Å². The molecule has 1 aromatic rings. The van der Waals surface area contributed by atoms with Gasteiger partial charge in [0.05, 0.1) is 6.20 Å². The van der Waals surface area contributed by atoms with Crippen LogP contribution in [0.4, 0.5) is 5.82 Å². The molecule has 1 aromatic heterocycles. The Morgan fingerprint density at radius 3 is 3.12 bits per heavy atom. The molecule has 0 amide bonds. The Kier molecular flexibility index (Phi) is 4.04. The average molecular weight is 237 g/mol. The van der Waals surface area contributed by atoms with E-state index in [1.165, 1.54) is 25.0 Å². The molecule has 1 aliphatic rings. The van der Waals surface area contributed by atoms with Crippen molar-refractivity contribution in [3.63, 3.8) is 0 Å². The van der Waals surface area contributed by atoms with Crippen molar-refractivity contribution in [1.29, 1.82) is 0 Å². The molecule has 1 heterocycles. The molecule has 1 aliphatic carbocycles. The Morgan fingerprint density at radius 2 is 2.38 bits per heavy atom. The van der Waals surface area contributed by atoms with Gasteiger partial charge in [-0.25, -0.2) is 0 Å². The standard InChI is InChI=1S/C12H19N3S/c1-3-16-11-6-4-5-10(11)14-12-7-9(2)8-13-15-12/h7-8,10-11H,3-6H2,1-2H3,(H,14,15). The summed E-state index contributed by atoms with van der Waals surface area (Å²) in [5.74, 6) is 2.12. The Bertz CT molecular complexity index is 343. The van der Waals surface area contributed by atoms with Crippen molar-refractivity contribution < 1.29 is 0 Å². The Hall–Kier alpha value is -0.770. The van der Waals surface area contributed by atoms with Crippen LogP contribution in [-0.4, -0.2) is 27.2 Å². The van der Waals surface area contributed by atoms with Crippen LogP contribution in [-0.2, 0) is 0 Å². The molecule has 0 radical (unpaired) electrons. The van der Waals surface area contributed by atoms with Crippen molar-refractivity contribution in [2.45, 2.75) is 44.4 Å². The van der Waals surface area contributed by atoms with E-state index in [0.29, 0.717) is 6.04 Å². The van der Waals surface area contributed by atoms with E-state index in [4.69, 9.17) is 0 Å². The molecule has 2 unspecified atom stereocenters. The van der Waals surface area contributed by atoms with Gasteiger partial charge in [-0.1, -0.05) is 13.3 Å². The van der Waals surface area contributed by atoms with Gasteiger partial charge in [0.25, 0.3) is 0 Å². The van der Waals surface area contributed by atoms with Gasteiger partial charge in [-0.05, 0) is 37.1 Å². The summed E-state index contributed by atoms with van der Waals surface area (Å²) in [5.41, 5.74) is 1.16. The molecule has 0 saturated heterocycles. The number of hydrogen-bond donors (Lipinski definition) is 1. The first kappa shape index (κ1) is 11.7. The Morgan fingerprint density at radius 1 is 1.50 bits per heavy atom. The summed E-state index contributed by atoms with van der Waals surface area (Å²) in [6.45, 7) is 4.28. The number of nitrogens with one attached hydrogen (secondary N) is 1. The van der Waals surface area contributed by atoms with Gasteiger partial charge in [-0.3, -0.25) is 0 Å². The molecular weight excluding hydrogens is 218 g/mol.